The predicted octanol–water partition coefficient (Wildman–Crippen LogP) is 2.58. The molecular weight excluding hydrogens is 182 g/mol. The van der Waals surface area contributed by atoms with Gasteiger partial charge in [-0.1, -0.05) is 13.8 Å². The lowest BCUT2D eigenvalue weighted by Crippen LogP contribution is -2.20. The van der Waals surface area contributed by atoms with Gasteiger partial charge in [0.2, 0.25) is 6.04 Å². The van der Waals surface area contributed by atoms with Crippen LogP contribution in [0.5, 0.6) is 0 Å². The molecule has 0 rings (SSSR count). The Kier molecular flexibility index (Phi) is 6.98. The summed E-state index contributed by atoms with van der Waals surface area (Å²) in [4.78, 5) is 21.4. The number of ketones is 1. The van der Waals surface area contributed by atoms with Crippen LogP contribution in [-0.4, -0.2) is 16.7 Å². The van der Waals surface area contributed by atoms with Crippen molar-refractivity contribution in [3.63, 3.8) is 0 Å². The molecule has 0 aliphatic rings. The van der Waals surface area contributed by atoms with Crippen LogP contribution in [0.3, 0.4) is 0 Å². The Labute approximate surface area is 84.8 Å². The molecule has 0 aromatic carbocycles. The lowest BCUT2D eigenvalue weighted by Gasteiger charge is -2.06. The van der Waals surface area contributed by atoms with E-state index in [0.29, 0.717) is 25.7 Å². The van der Waals surface area contributed by atoms with Crippen LogP contribution < -0.4 is 0 Å². The van der Waals surface area contributed by atoms with E-state index >= 15 is 0 Å². The third-order valence-electron chi connectivity index (χ3n) is 2.21. The number of Topliss-reactive ketones (excluding diaryl/α,β-unsaturated/α-hetero) is 1. The van der Waals surface area contributed by atoms with Crippen LogP contribution in [-0.2, 0) is 4.79 Å². The highest BCUT2D eigenvalue weighted by Crippen LogP contribution is 2.10. The molecule has 0 spiro atoms. The monoisotopic (exact) mass is 201 g/mol. The first-order valence-corrected chi connectivity index (χ1v) is 5.27. The van der Waals surface area contributed by atoms with E-state index in [0.717, 1.165) is 12.8 Å². The van der Waals surface area contributed by atoms with E-state index in [4.69, 9.17) is 0 Å². The van der Waals surface area contributed by atoms with Crippen molar-refractivity contribution in [2.45, 2.75) is 58.4 Å². The fourth-order valence-corrected chi connectivity index (χ4v) is 1.42. The largest absolute Gasteiger partial charge is 0.300 e. The molecule has 0 aliphatic carbocycles. The number of rotatable bonds is 8. The summed E-state index contributed by atoms with van der Waals surface area (Å²) in [6, 6.07) is -0.527. The Morgan fingerprint density at radius 1 is 1.21 bits per heavy atom. The topological polar surface area (TPSA) is 60.2 Å². The SMILES string of the molecule is CCCC(=O)CCC(CCC)[N+](=O)[O-]. The second-order valence-electron chi connectivity index (χ2n) is 3.56. The van der Waals surface area contributed by atoms with Crippen molar-refractivity contribution in [2.75, 3.05) is 0 Å². The molecule has 1 unspecified atom stereocenters. The summed E-state index contributed by atoms with van der Waals surface area (Å²) >= 11 is 0. The van der Waals surface area contributed by atoms with E-state index in [1.807, 2.05) is 13.8 Å². The van der Waals surface area contributed by atoms with E-state index in [-0.39, 0.29) is 10.7 Å². The fourth-order valence-electron chi connectivity index (χ4n) is 1.42. The van der Waals surface area contributed by atoms with Crippen molar-refractivity contribution in [3.8, 4) is 0 Å². The van der Waals surface area contributed by atoms with Gasteiger partial charge in [0.05, 0.1) is 0 Å². The Bertz CT molecular complexity index is 192. The number of carbonyl (C=O) groups is 1. The predicted molar refractivity (Wildman–Crippen MR) is 54.8 cm³/mol. The maximum absolute atomic E-state index is 11.2. The summed E-state index contributed by atoms with van der Waals surface area (Å²) in [7, 11) is 0. The summed E-state index contributed by atoms with van der Waals surface area (Å²) in [5, 5.41) is 10.6. The van der Waals surface area contributed by atoms with Gasteiger partial charge >= 0.3 is 0 Å². The second-order valence-corrected chi connectivity index (χ2v) is 3.56. The fraction of sp³-hybridized carbons (Fsp3) is 0.900. The quantitative estimate of drug-likeness (QED) is 0.448. The van der Waals surface area contributed by atoms with Crippen LogP contribution in [0.25, 0.3) is 0 Å². The minimum Gasteiger partial charge on any atom is -0.300 e. The first kappa shape index (κ1) is 13.1. The minimum absolute atomic E-state index is 0.149. The Morgan fingerprint density at radius 2 is 1.86 bits per heavy atom. The van der Waals surface area contributed by atoms with Gasteiger partial charge in [-0.3, -0.25) is 14.9 Å². The maximum Gasteiger partial charge on any atom is 0.213 e. The molecule has 0 aromatic rings. The van der Waals surface area contributed by atoms with E-state index in [1.54, 1.807) is 0 Å². The minimum atomic E-state index is -0.527. The molecule has 4 nitrogen and oxygen atoms in total. The van der Waals surface area contributed by atoms with Crippen LogP contribution in [0.4, 0.5) is 0 Å². The summed E-state index contributed by atoms with van der Waals surface area (Å²) in [6.45, 7) is 3.86. The van der Waals surface area contributed by atoms with Crippen LogP contribution in [0.15, 0.2) is 0 Å². The summed E-state index contributed by atoms with van der Waals surface area (Å²) in [5.74, 6) is 0.149. The van der Waals surface area contributed by atoms with Crippen molar-refractivity contribution in [3.05, 3.63) is 10.1 Å². The highest BCUT2D eigenvalue weighted by atomic mass is 16.6. The normalized spacial score (nSPS) is 12.4. The van der Waals surface area contributed by atoms with Gasteiger partial charge in [0, 0.05) is 30.6 Å². The number of hydrogen-bond donors (Lipinski definition) is 0. The Morgan fingerprint density at radius 3 is 2.29 bits per heavy atom. The van der Waals surface area contributed by atoms with Crippen molar-refractivity contribution in [2.24, 2.45) is 0 Å². The third-order valence-corrected chi connectivity index (χ3v) is 2.21. The van der Waals surface area contributed by atoms with E-state index in [9.17, 15) is 14.9 Å². The lowest BCUT2D eigenvalue weighted by atomic mass is 10.0. The molecule has 0 radical (unpaired) electrons. The first-order chi connectivity index (χ1) is 6.61. The van der Waals surface area contributed by atoms with E-state index in [1.165, 1.54) is 0 Å². The van der Waals surface area contributed by atoms with Gasteiger partial charge in [-0.15, -0.1) is 0 Å². The molecule has 0 bridgehead atoms. The summed E-state index contributed by atoms with van der Waals surface area (Å²) < 4.78 is 0. The molecule has 82 valence electrons. The molecule has 14 heavy (non-hydrogen) atoms. The zero-order valence-electron chi connectivity index (χ0n) is 8.99. The molecule has 0 heterocycles. The second kappa shape index (κ2) is 7.47. The zero-order chi connectivity index (χ0) is 11.0. The van der Waals surface area contributed by atoms with Crippen LogP contribution in [0, 0.1) is 10.1 Å². The van der Waals surface area contributed by atoms with Gasteiger partial charge in [0.15, 0.2) is 0 Å². The van der Waals surface area contributed by atoms with E-state index < -0.39 is 6.04 Å². The molecule has 1 atom stereocenters. The van der Waals surface area contributed by atoms with Gasteiger partial charge in [-0.25, -0.2) is 0 Å². The van der Waals surface area contributed by atoms with Crippen molar-refractivity contribution < 1.29 is 9.72 Å². The number of hydrogen-bond acceptors (Lipinski definition) is 3. The van der Waals surface area contributed by atoms with Gasteiger partial charge in [0.1, 0.15) is 5.78 Å². The third kappa shape index (κ3) is 5.67. The molecular formula is C10H19NO3. The molecule has 4 heteroatoms. The van der Waals surface area contributed by atoms with Crippen LogP contribution in [0.1, 0.15) is 52.4 Å². The maximum atomic E-state index is 11.2. The number of nitro groups is 1. The molecule has 0 amide bonds. The first-order valence-electron chi connectivity index (χ1n) is 5.27. The highest BCUT2D eigenvalue weighted by molar-refractivity contribution is 5.78. The summed E-state index contributed by atoms with van der Waals surface area (Å²) in [5.41, 5.74) is 0. The van der Waals surface area contributed by atoms with Crippen LogP contribution in [0.2, 0.25) is 0 Å². The average molecular weight is 201 g/mol. The van der Waals surface area contributed by atoms with Gasteiger partial charge in [-0.2, -0.15) is 0 Å². The Balaban J connectivity index is 3.81. The van der Waals surface area contributed by atoms with Crippen molar-refractivity contribution in [1.29, 1.82) is 0 Å². The zero-order valence-corrected chi connectivity index (χ0v) is 8.99. The molecule has 0 saturated heterocycles. The Hall–Kier alpha value is -0.930. The lowest BCUT2D eigenvalue weighted by molar-refractivity contribution is -0.524. The van der Waals surface area contributed by atoms with Crippen molar-refractivity contribution >= 4 is 5.78 Å². The van der Waals surface area contributed by atoms with Crippen LogP contribution >= 0.6 is 0 Å². The molecule has 0 aliphatic heterocycles. The molecule has 0 fully saturated rings. The smallest absolute Gasteiger partial charge is 0.213 e. The van der Waals surface area contributed by atoms with Crippen molar-refractivity contribution in [1.82, 2.24) is 0 Å². The van der Waals surface area contributed by atoms with Gasteiger partial charge in [-0.05, 0) is 12.8 Å². The average Bonchev–Trinajstić information content (AvgIpc) is 2.12. The molecule has 0 N–H and O–H groups in total. The highest BCUT2D eigenvalue weighted by Gasteiger charge is 2.19. The molecule has 0 saturated carbocycles. The van der Waals surface area contributed by atoms with Gasteiger partial charge in [0.25, 0.3) is 0 Å². The number of nitrogens with zero attached hydrogens (tertiary/aromatic N) is 1. The standard InChI is InChI=1S/C10H19NO3/c1-3-5-9(11(13)14)7-8-10(12)6-4-2/h9H,3-8H2,1-2H3. The van der Waals surface area contributed by atoms with E-state index in [2.05, 4.69) is 0 Å². The summed E-state index contributed by atoms with van der Waals surface area (Å²) in [6.07, 6.45) is 3.52. The van der Waals surface area contributed by atoms with Gasteiger partial charge < -0.3 is 0 Å². The molecule has 0 aromatic heterocycles. The number of carbonyl (C=O) groups excluding carboxylic acids is 1.